The summed E-state index contributed by atoms with van der Waals surface area (Å²) in [6, 6.07) is 13.7. The molecular formula is C22H27N3O3S. The molecule has 1 atom stereocenters. The first-order chi connectivity index (χ1) is 13.8. The molecule has 0 spiro atoms. The predicted octanol–water partition coefficient (Wildman–Crippen LogP) is 4.05. The van der Waals surface area contributed by atoms with Crippen LogP contribution in [0.4, 0.5) is 5.69 Å². The Labute approximate surface area is 172 Å². The molecule has 2 N–H and O–H groups in total. The van der Waals surface area contributed by atoms with Crippen molar-refractivity contribution in [2.24, 2.45) is 4.99 Å². The molecule has 0 aromatic heterocycles. The first-order valence-electron chi connectivity index (χ1n) is 9.92. The fourth-order valence-electron chi connectivity index (χ4n) is 3.21. The monoisotopic (exact) mass is 413 g/mol. The van der Waals surface area contributed by atoms with Crippen molar-refractivity contribution in [2.45, 2.75) is 56.9 Å². The van der Waals surface area contributed by atoms with Gasteiger partial charge in [0.05, 0.1) is 4.90 Å². The fourth-order valence-corrected chi connectivity index (χ4v) is 4.45. The normalized spacial score (nSPS) is 17.0. The van der Waals surface area contributed by atoms with Gasteiger partial charge in [0.2, 0.25) is 5.91 Å². The van der Waals surface area contributed by atoms with Crippen LogP contribution in [0.5, 0.6) is 0 Å². The zero-order valence-electron chi connectivity index (χ0n) is 17.0. The summed E-state index contributed by atoms with van der Waals surface area (Å²) in [4.78, 5) is 17.6. The SMILES string of the molecule is CCCCC(N=C1NS(=O)(=O)c2ccccc21)C(=O)Nc1ccc(C(C)C)cc1. The molecule has 0 saturated carbocycles. The maximum Gasteiger partial charge on any atom is 0.263 e. The number of amidine groups is 1. The van der Waals surface area contributed by atoms with E-state index < -0.39 is 16.1 Å². The molecule has 3 rings (SSSR count). The lowest BCUT2D eigenvalue weighted by Crippen LogP contribution is -2.30. The van der Waals surface area contributed by atoms with Gasteiger partial charge in [-0.1, -0.05) is 57.9 Å². The van der Waals surface area contributed by atoms with E-state index >= 15 is 0 Å². The molecule has 0 radical (unpaired) electrons. The zero-order chi connectivity index (χ0) is 21.0. The molecule has 1 aliphatic rings. The molecule has 7 heteroatoms. The van der Waals surface area contributed by atoms with E-state index in [0.717, 1.165) is 12.8 Å². The average Bonchev–Trinajstić information content (AvgIpc) is 2.96. The first kappa shape index (κ1) is 21.0. The number of anilines is 1. The minimum Gasteiger partial charge on any atom is -0.324 e. The van der Waals surface area contributed by atoms with Crippen LogP contribution in [0.15, 0.2) is 58.4 Å². The molecule has 2 aromatic carbocycles. The molecular weight excluding hydrogens is 386 g/mol. The number of sulfonamides is 1. The summed E-state index contributed by atoms with van der Waals surface area (Å²) in [5.74, 6) is 0.401. The average molecular weight is 414 g/mol. The van der Waals surface area contributed by atoms with Gasteiger partial charge in [-0.2, -0.15) is 0 Å². The van der Waals surface area contributed by atoms with Gasteiger partial charge in [-0.3, -0.25) is 14.5 Å². The lowest BCUT2D eigenvalue weighted by Gasteiger charge is -2.14. The van der Waals surface area contributed by atoms with Gasteiger partial charge in [0, 0.05) is 11.3 Å². The van der Waals surface area contributed by atoms with E-state index in [9.17, 15) is 13.2 Å². The van der Waals surface area contributed by atoms with Gasteiger partial charge in [0.1, 0.15) is 11.9 Å². The number of carbonyl (C=O) groups is 1. The van der Waals surface area contributed by atoms with Gasteiger partial charge in [-0.15, -0.1) is 0 Å². The van der Waals surface area contributed by atoms with Crippen molar-refractivity contribution in [3.8, 4) is 0 Å². The smallest absolute Gasteiger partial charge is 0.263 e. The van der Waals surface area contributed by atoms with Gasteiger partial charge in [0.25, 0.3) is 10.0 Å². The maximum atomic E-state index is 12.9. The molecule has 1 heterocycles. The lowest BCUT2D eigenvalue weighted by molar-refractivity contribution is -0.117. The van der Waals surface area contributed by atoms with Crippen LogP contribution in [-0.2, 0) is 14.8 Å². The van der Waals surface area contributed by atoms with Crippen LogP contribution in [0.25, 0.3) is 0 Å². The predicted molar refractivity (Wildman–Crippen MR) is 116 cm³/mol. The first-order valence-corrected chi connectivity index (χ1v) is 11.4. The summed E-state index contributed by atoms with van der Waals surface area (Å²) in [6.07, 6.45) is 2.27. The number of nitrogens with one attached hydrogen (secondary N) is 2. The van der Waals surface area contributed by atoms with Gasteiger partial charge in [-0.25, -0.2) is 8.42 Å². The second kappa shape index (κ2) is 8.78. The van der Waals surface area contributed by atoms with Gasteiger partial charge >= 0.3 is 0 Å². The van der Waals surface area contributed by atoms with E-state index in [0.29, 0.717) is 23.6 Å². The third-order valence-corrected chi connectivity index (χ3v) is 6.32. The highest BCUT2D eigenvalue weighted by Gasteiger charge is 2.31. The minimum atomic E-state index is -3.63. The van der Waals surface area contributed by atoms with Crippen molar-refractivity contribution in [3.63, 3.8) is 0 Å². The Morgan fingerprint density at radius 2 is 1.79 bits per heavy atom. The summed E-state index contributed by atoms with van der Waals surface area (Å²) in [5.41, 5.74) is 2.40. The van der Waals surface area contributed by atoms with Crippen molar-refractivity contribution in [1.82, 2.24) is 4.72 Å². The van der Waals surface area contributed by atoms with E-state index in [1.54, 1.807) is 18.2 Å². The third kappa shape index (κ3) is 4.85. The summed E-state index contributed by atoms with van der Waals surface area (Å²) in [7, 11) is -3.63. The van der Waals surface area contributed by atoms with Crippen LogP contribution in [0.2, 0.25) is 0 Å². The van der Waals surface area contributed by atoms with Crippen molar-refractivity contribution >= 4 is 27.5 Å². The minimum absolute atomic E-state index is 0.192. The second-order valence-electron chi connectivity index (χ2n) is 7.50. The molecule has 6 nitrogen and oxygen atoms in total. The van der Waals surface area contributed by atoms with E-state index in [4.69, 9.17) is 0 Å². The Morgan fingerprint density at radius 1 is 1.10 bits per heavy atom. The molecule has 2 aromatic rings. The zero-order valence-corrected chi connectivity index (χ0v) is 17.8. The molecule has 0 aliphatic carbocycles. The van der Waals surface area contributed by atoms with Crippen LogP contribution in [0, 0.1) is 0 Å². The van der Waals surface area contributed by atoms with Crippen LogP contribution < -0.4 is 10.0 Å². The molecule has 29 heavy (non-hydrogen) atoms. The Balaban J connectivity index is 1.84. The second-order valence-corrected chi connectivity index (χ2v) is 9.15. The number of unbranched alkanes of at least 4 members (excludes halogenated alkanes) is 1. The Bertz CT molecular complexity index is 1010. The van der Waals surface area contributed by atoms with E-state index in [1.807, 2.05) is 31.2 Å². The molecule has 1 aliphatic heterocycles. The van der Waals surface area contributed by atoms with E-state index in [2.05, 4.69) is 28.9 Å². The number of fused-ring (bicyclic) bond motifs is 1. The van der Waals surface area contributed by atoms with Crippen molar-refractivity contribution < 1.29 is 13.2 Å². The number of hydrogen-bond acceptors (Lipinski definition) is 4. The number of hydrogen-bond donors (Lipinski definition) is 2. The topological polar surface area (TPSA) is 87.6 Å². The van der Waals surface area contributed by atoms with Crippen molar-refractivity contribution in [2.75, 3.05) is 5.32 Å². The number of carbonyl (C=O) groups excluding carboxylic acids is 1. The van der Waals surface area contributed by atoms with E-state index in [-0.39, 0.29) is 16.6 Å². The highest BCUT2D eigenvalue weighted by Crippen LogP contribution is 2.24. The Hall–Kier alpha value is -2.67. The summed E-state index contributed by atoms with van der Waals surface area (Å²) in [5, 5.41) is 2.91. The molecule has 0 bridgehead atoms. The van der Waals surface area contributed by atoms with Gasteiger partial charge in [-0.05, 0) is 42.2 Å². The van der Waals surface area contributed by atoms with Crippen LogP contribution in [0.1, 0.15) is 57.1 Å². The molecule has 0 fully saturated rings. The van der Waals surface area contributed by atoms with Gasteiger partial charge < -0.3 is 5.32 Å². The summed E-state index contributed by atoms with van der Waals surface area (Å²) < 4.78 is 27.1. The van der Waals surface area contributed by atoms with Crippen LogP contribution >= 0.6 is 0 Å². The number of amides is 1. The largest absolute Gasteiger partial charge is 0.324 e. The Kier molecular flexibility index (Phi) is 6.37. The molecule has 0 saturated heterocycles. The lowest BCUT2D eigenvalue weighted by atomic mass is 10.0. The standard InChI is InChI=1S/C22H27N3O3S/c1-4-5-9-19(22(26)23-17-13-11-16(12-14-17)15(2)3)24-21-18-8-6-7-10-20(18)29(27,28)25-21/h6-8,10-15,19H,4-5,9H2,1-3H3,(H,23,26)(H,24,25). The Morgan fingerprint density at radius 3 is 2.45 bits per heavy atom. The molecule has 1 amide bonds. The van der Waals surface area contributed by atoms with Gasteiger partial charge in [0.15, 0.2) is 0 Å². The fraction of sp³-hybridized carbons (Fsp3) is 0.364. The third-order valence-electron chi connectivity index (χ3n) is 4.93. The maximum absolute atomic E-state index is 12.9. The number of rotatable bonds is 7. The van der Waals surface area contributed by atoms with E-state index in [1.165, 1.54) is 11.6 Å². The van der Waals surface area contributed by atoms with Crippen molar-refractivity contribution in [1.29, 1.82) is 0 Å². The summed E-state index contributed by atoms with van der Waals surface area (Å²) in [6.45, 7) is 6.27. The van der Waals surface area contributed by atoms with Crippen LogP contribution in [0.3, 0.4) is 0 Å². The number of aliphatic imine (C=N–C) groups is 1. The number of benzene rings is 2. The quantitative estimate of drug-likeness (QED) is 0.718. The van der Waals surface area contributed by atoms with Crippen LogP contribution in [-0.4, -0.2) is 26.2 Å². The highest BCUT2D eigenvalue weighted by molar-refractivity contribution is 7.90. The summed E-state index contributed by atoms with van der Waals surface area (Å²) >= 11 is 0. The molecule has 154 valence electrons. The van der Waals surface area contributed by atoms with Crippen molar-refractivity contribution in [3.05, 3.63) is 59.7 Å². The highest BCUT2D eigenvalue weighted by atomic mass is 32.2. The number of nitrogens with zero attached hydrogens (tertiary/aromatic N) is 1. The molecule has 1 unspecified atom stereocenters.